The Morgan fingerprint density at radius 3 is 3.13 bits per heavy atom. The summed E-state index contributed by atoms with van der Waals surface area (Å²) in [4.78, 5) is 13.5. The zero-order valence-electron chi connectivity index (χ0n) is 8.00. The van der Waals surface area contributed by atoms with Gasteiger partial charge in [0.1, 0.15) is 0 Å². The lowest BCUT2D eigenvalue weighted by Crippen LogP contribution is -1.92. The second kappa shape index (κ2) is 4.36. The predicted molar refractivity (Wildman–Crippen MR) is 61.2 cm³/mol. The molecule has 0 bridgehead atoms. The Labute approximate surface area is 91.4 Å². The van der Waals surface area contributed by atoms with Crippen LogP contribution >= 0.6 is 11.6 Å². The number of hydrogen-bond acceptors (Lipinski definition) is 2. The highest BCUT2D eigenvalue weighted by atomic mass is 35.5. The molecule has 0 radical (unpaired) electrons. The van der Waals surface area contributed by atoms with Gasteiger partial charge in [-0.05, 0) is 24.1 Å². The average molecular weight is 224 g/mol. The van der Waals surface area contributed by atoms with Gasteiger partial charge in [-0.15, -0.1) is 11.6 Å². The van der Waals surface area contributed by atoms with Gasteiger partial charge < -0.3 is 4.42 Å². The SMILES string of the molecule is O=c1[nH]c2ccc(C=CCCCl)cc2o1. The molecule has 4 heteroatoms. The summed E-state index contributed by atoms with van der Waals surface area (Å²) in [7, 11) is 0. The molecule has 0 aliphatic rings. The summed E-state index contributed by atoms with van der Waals surface area (Å²) in [5, 5.41) is 0. The van der Waals surface area contributed by atoms with Crippen LogP contribution in [0, 0.1) is 0 Å². The molecule has 2 aromatic rings. The van der Waals surface area contributed by atoms with Gasteiger partial charge in [0, 0.05) is 5.88 Å². The van der Waals surface area contributed by atoms with Crippen LogP contribution in [0.3, 0.4) is 0 Å². The molecule has 0 atom stereocenters. The van der Waals surface area contributed by atoms with Crippen molar-refractivity contribution < 1.29 is 4.42 Å². The van der Waals surface area contributed by atoms with E-state index >= 15 is 0 Å². The van der Waals surface area contributed by atoms with Crippen molar-refractivity contribution in [2.24, 2.45) is 0 Å². The van der Waals surface area contributed by atoms with Crippen LogP contribution in [-0.4, -0.2) is 10.9 Å². The molecule has 0 fully saturated rings. The number of rotatable bonds is 3. The van der Waals surface area contributed by atoms with Crippen molar-refractivity contribution in [3.8, 4) is 0 Å². The number of oxazole rings is 1. The summed E-state index contributed by atoms with van der Waals surface area (Å²) in [6.45, 7) is 0. The first-order valence-electron chi connectivity index (χ1n) is 4.65. The Bertz CT molecular complexity index is 539. The third kappa shape index (κ3) is 2.30. The van der Waals surface area contributed by atoms with E-state index in [4.69, 9.17) is 16.0 Å². The highest BCUT2D eigenvalue weighted by Gasteiger charge is 1.99. The highest BCUT2D eigenvalue weighted by Crippen LogP contribution is 2.13. The Hall–Kier alpha value is -1.48. The second-order valence-corrected chi connectivity index (χ2v) is 3.53. The van der Waals surface area contributed by atoms with Crippen LogP contribution in [0.1, 0.15) is 12.0 Å². The van der Waals surface area contributed by atoms with Crippen molar-refractivity contribution in [3.05, 3.63) is 40.4 Å². The first kappa shape index (κ1) is 10.1. The number of hydrogen-bond donors (Lipinski definition) is 1. The third-order valence-corrected chi connectivity index (χ3v) is 2.25. The van der Waals surface area contributed by atoms with Crippen molar-refractivity contribution in [1.82, 2.24) is 4.98 Å². The van der Waals surface area contributed by atoms with Crippen molar-refractivity contribution in [3.63, 3.8) is 0 Å². The predicted octanol–water partition coefficient (Wildman–Crippen LogP) is 2.76. The smallest absolute Gasteiger partial charge is 0.408 e. The van der Waals surface area contributed by atoms with Gasteiger partial charge in [-0.3, -0.25) is 4.98 Å². The van der Waals surface area contributed by atoms with Gasteiger partial charge in [-0.1, -0.05) is 18.2 Å². The van der Waals surface area contributed by atoms with E-state index in [1.807, 2.05) is 30.4 Å². The number of benzene rings is 1. The molecule has 0 saturated carbocycles. The van der Waals surface area contributed by atoms with Gasteiger partial charge >= 0.3 is 5.76 Å². The van der Waals surface area contributed by atoms with Gasteiger partial charge in [-0.25, -0.2) is 4.79 Å². The fourth-order valence-corrected chi connectivity index (χ4v) is 1.47. The number of halogens is 1. The summed E-state index contributed by atoms with van der Waals surface area (Å²) in [5.74, 6) is 0.185. The molecule has 1 N–H and O–H groups in total. The maximum absolute atomic E-state index is 10.9. The van der Waals surface area contributed by atoms with Gasteiger partial charge in [0.25, 0.3) is 0 Å². The van der Waals surface area contributed by atoms with E-state index in [0.717, 1.165) is 17.5 Å². The first-order valence-corrected chi connectivity index (χ1v) is 5.18. The molecular formula is C11H10ClNO2. The molecule has 15 heavy (non-hydrogen) atoms. The molecule has 1 aromatic heterocycles. The van der Waals surface area contributed by atoms with E-state index in [0.29, 0.717) is 11.5 Å². The minimum absolute atomic E-state index is 0.424. The molecule has 0 spiro atoms. The summed E-state index contributed by atoms with van der Waals surface area (Å²) >= 11 is 5.55. The minimum Gasteiger partial charge on any atom is -0.408 e. The van der Waals surface area contributed by atoms with Crippen LogP contribution in [0.2, 0.25) is 0 Å². The van der Waals surface area contributed by atoms with Gasteiger partial charge in [-0.2, -0.15) is 0 Å². The molecule has 0 saturated heterocycles. The molecule has 0 unspecified atom stereocenters. The van der Waals surface area contributed by atoms with Crippen molar-refractivity contribution in [2.45, 2.75) is 6.42 Å². The normalized spacial score (nSPS) is 11.5. The zero-order chi connectivity index (χ0) is 10.7. The van der Waals surface area contributed by atoms with Crippen molar-refractivity contribution in [1.29, 1.82) is 0 Å². The van der Waals surface area contributed by atoms with Gasteiger partial charge in [0.15, 0.2) is 5.58 Å². The Kier molecular flexibility index (Phi) is 2.92. The van der Waals surface area contributed by atoms with E-state index in [1.54, 1.807) is 0 Å². The van der Waals surface area contributed by atoms with Crippen LogP contribution in [0.25, 0.3) is 17.2 Å². The van der Waals surface area contributed by atoms with Crippen molar-refractivity contribution >= 4 is 28.8 Å². The third-order valence-electron chi connectivity index (χ3n) is 2.03. The van der Waals surface area contributed by atoms with E-state index in [-0.39, 0.29) is 0 Å². The fraction of sp³-hybridized carbons (Fsp3) is 0.182. The number of nitrogens with one attached hydrogen (secondary N) is 1. The first-order chi connectivity index (χ1) is 7.29. The molecule has 0 aliphatic heterocycles. The molecule has 0 amide bonds. The average Bonchev–Trinajstić information content (AvgIpc) is 2.57. The van der Waals surface area contributed by atoms with E-state index in [2.05, 4.69) is 4.98 Å². The number of aromatic amines is 1. The van der Waals surface area contributed by atoms with Crippen LogP contribution < -0.4 is 5.76 Å². The number of fused-ring (bicyclic) bond motifs is 1. The highest BCUT2D eigenvalue weighted by molar-refractivity contribution is 6.17. The molecule has 1 heterocycles. The largest absolute Gasteiger partial charge is 0.417 e. The number of aromatic nitrogens is 1. The number of allylic oxidation sites excluding steroid dienone is 1. The summed E-state index contributed by atoms with van der Waals surface area (Å²) < 4.78 is 4.94. The van der Waals surface area contributed by atoms with Gasteiger partial charge in [0.05, 0.1) is 5.52 Å². The van der Waals surface area contributed by atoms with Crippen LogP contribution in [0.5, 0.6) is 0 Å². The molecule has 1 aromatic carbocycles. The molecule has 2 rings (SSSR count). The lowest BCUT2D eigenvalue weighted by atomic mass is 10.2. The topological polar surface area (TPSA) is 46.0 Å². The molecule has 3 nitrogen and oxygen atoms in total. The van der Waals surface area contributed by atoms with E-state index in [9.17, 15) is 4.79 Å². The Balaban J connectivity index is 2.34. The molecular weight excluding hydrogens is 214 g/mol. The Morgan fingerprint density at radius 2 is 2.33 bits per heavy atom. The van der Waals surface area contributed by atoms with Gasteiger partial charge in [0.2, 0.25) is 0 Å². The van der Waals surface area contributed by atoms with Crippen LogP contribution in [0.4, 0.5) is 0 Å². The fourth-order valence-electron chi connectivity index (χ4n) is 1.35. The van der Waals surface area contributed by atoms with Crippen LogP contribution in [0.15, 0.2) is 33.5 Å². The van der Waals surface area contributed by atoms with E-state index in [1.165, 1.54) is 0 Å². The Morgan fingerprint density at radius 1 is 1.47 bits per heavy atom. The van der Waals surface area contributed by atoms with E-state index < -0.39 is 5.76 Å². The maximum Gasteiger partial charge on any atom is 0.417 e. The number of alkyl halides is 1. The summed E-state index contributed by atoms with van der Waals surface area (Å²) in [6.07, 6.45) is 4.77. The minimum atomic E-state index is -0.424. The number of H-pyrrole nitrogens is 1. The van der Waals surface area contributed by atoms with Crippen molar-refractivity contribution in [2.75, 3.05) is 5.88 Å². The molecule has 0 aliphatic carbocycles. The second-order valence-electron chi connectivity index (χ2n) is 3.15. The van der Waals surface area contributed by atoms with Crippen LogP contribution in [-0.2, 0) is 0 Å². The maximum atomic E-state index is 10.9. The monoisotopic (exact) mass is 223 g/mol. The quantitative estimate of drug-likeness (QED) is 0.814. The zero-order valence-corrected chi connectivity index (χ0v) is 8.75. The lowest BCUT2D eigenvalue weighted by molar-refractivity contribution is 0.555. The lowest BCUT2D eigenvalue weighted by Gasteiger charge is -1.92. The standard InChI is InChI=1S/C11H10ClNO2/c12-6-2-1-3-8-4-5-9-10(7-8)15-11(14)13-9/h1,3-5,7H,2,6H2,(H,13,14). The molecule has 78 valence electrons. The summed E-state index contributed by atoms with van der Waals surface area (Å²) in [6, 6.07) is 5.55. The summed E-state index contributed by atoms with van der Waals surface area (Å²) in [5.41, 5.74) is 2.29.